The first-order chi connectivity index (χ1) is 9.43. The van der Waals surface area contributed by atoms with Gasteiger partial charge in [-0.3, -0.25) is 4.79 Å². The maximum atomic E-state index is 11.0. The van der Waals surface area contributed by atoms with Crippen molar-refractivity contribution in [1.29, 1.82) is 0 Å². The number of nitrogens with two attached hydrogens (primary N) is 1. The largest absolute Gasteiger partial charge is 0.385 e. The molecule has 0 spiro atoms. The number of amides is 1. The zero-order chi connectivity index (χ0) is 14.9. The highest BCUT2D eigenvalue weighted by atomic mass is 16.3. The lowest BCUT2D eigenvalue weighted by atomic mass is 10.0. The van der Waals surface area contributed by atoms with Gasteiger partial charge in [-0.15, -0.1) is 0 Å². The number of nitrogens with zero attached hydrogens (tertiary/aromatic N) is 2. The van der Waals surface area contributed by atoms with Crippen LogP contribution in [0.3, 0.4) is 0 Å². The molecule has 0 saturated carbocycles. The van der Waals surface area contributed by atoms with Crippen LogP contribution < -0.4 is 5.73 Å². The summed E-state index contributed by atoms with van der Waals surface area (Å²) in [6.45, 7) is 3.47. The minimum atomic E-state index is -1.65. The van der Waals surface area contributed by atoms with E-state index < -0.39 is 18.1 Å². The first kappa shape index (κ1) is 14.2. The van der Waals surface area contributed by atoms with Gasteiger partial charge in [0.25, 0.3) is 0 Å². The summed E-state index contributed by atoms with van der Waals surface area (Å²) < 4.78 is 1.65. The molecular formula is C14H17N3O3. The number of primary amides is 1. The van der Waals surface area contributed by atoms with E-state index in [2.05, 4.69) is 5.10 Å². The smallest absolute Gasteiger partial charge is 0.249 e. The zero-order valence-corrected chi connectivity index (χ0v) is 11.3. The second kappa shape index (κ2) is 5.44. The maximum Gasteiger partial charge on any atom is 0.249 e. The molecule has 1 heterocycles. The second-order valence-corrected chi connectivity index (χ2v) is 4.62. The lowest BCUT2D eigenvalue weighted by molar-refractivity contribution is -0.132. The van der Waals surface area contributed by atoms with Crippen LogP contribution in [0.5, 0.6) is 0 Å². The van der Waals surface area contributed by atoms with Crippen LogP contribution in [0.2, 0.25) is 0 Å². The number of para-hydroxylation sites is 1. The topological polar surface area (TPSA) is 101 Å². The van der Waals surface area contributed by atoms with Crippen molar-refractivity contribution in [3.63, 3.8) is 0 Å². The van der Waals surface area contributed by atoms with E-state index in [1.165, 1.54) is 0 Å². The lowest BCUT2D eigenvalue weighted by Crippen LogP contribution is -2.34. The van der Waals surface area contributed by atoms with Crippen LogP contribution in [0.15, 0.2) is 30.3 Å². The number of carbonyl (C=O) groups excluding carboxylic acids is 1. The van der Waals surface area contributed by atoms with E-state index in [0.29, 0.717) is 17.0 Å². The molecule has 0 saturated heterocycles. The number of aliphatic hydroxyl groups excluding tert-OH is 2. The van der Waals surface area contributed by atoms with Gasteiger partial charge in [-0.25, -0.2) is 4.68 Å². The molecule has 2 unspecified atom stereocenters. The van der Waals surface area contributed by atoms with Crippen LogP contribution in [0.4, 0.5) is 0 Å². The van der Waals surface area contributed by atoms with Gasteiger partial charge in [-0.1, -0.05) is 18.2 Å². The fraction of sp³-hybridized carbons (Fsp3) is 0.286. The summed E-state index contributed by atoms with van der Waals surface area (Å²) in [6, 6.07) is 9.39. The number of aromatic nitrogens is 2. The molecule has 106 valence electrons. The normalized spacial score (nSPS) is 14.0. The van der Waals surface area contributed by atoms with Gasteiger partial charge in [0, 0.05) is 11.3 Å². The number of rotatable bonds is 4. The third-order valence-corrected chi connectivity index (χ3v) is 3.23. The fourth-order valence-corrected chi connectivity index (χ4v) is 2.22. The van der Waals surface area contributed by atoms with E-state index in [9.17, 15) is 15.0 Å². The molecule has 6 heteroatoms. The Morgan fingerprint density at radius 3 is 2.40 bits per heavy atom. The predicted molar refractivity (Wildman–Crippen MR) is 73.2 cm³/mol. The van der Waals surface area contributed by atoms with Crippen LogP contribution in [0, 0.1) is 13.8 Å². The van der Waals surface area contributed by atoms with Crippen molar-refractivity contribution in [2.24, 2.45) is 5.73 Å². The molecule has 1 amide bonds. The predicted octanol–water partition coefficient (Wildman–Crippen LogP) is 0.369. The fourth-order valence-electron chi connectivity index (χ4n) is 2.22. The van der Waals surface area contributed by atoms with E-state index in [0.717, 1.165) is 5.69 Å². The van der Waals surface area contributed by atoms with E-state index in [4.69, 9.17) is 5.73 Å². The average molecular weight is 275 g/mol. The average Bonchev–Trinajstić information content (AvgIpc) is 2.73. The molecule has 0 fully saturated rings. The van der Waals surface area contributed by atoms with Gasteiger partial charge in [0.05, 0.1) is 11.4 Å². The van der Waals surface area contributed by atoms with E-state index in [1.54, 1.807) is 18.5 Å². The molecule has 0 bridgehead atoms. The first-order valence-corrected chi connectivity index (χ1v) is 6.20. The number of benzene rings is 1. The van der Waals surface area contributed by atoms with Crippen LogP contribution in [-0.2, 0) is 4.79 Å². The Labute approximate surface area is 116 Å². The SMILES string of the molecule is Cc1nn(-c2ccccc2)c(C)c1C(O)C(O)C(N)=O. The minimum Gasteiger partial charge on any atom is -0.385 e. The summed E-state index contributed by atoms with van der Waals surface area (Å²) >= 11 is 0. The van der Waals surface area contributed by atoms with Gasteiger partial charge in [-0.05, 0) is 26.0 Å². The van der Waals surface area contributed by atoms with E-state index in [-0.39, 0.29) is 0 Å². The molecule has 6 nitrogen and oxygen atoms in total. The molecule has 0 aliphatic heterocycles. The first-order valence-electron chi connectivity index (χ1n) is 6.20. The molecule has 0 aliphatic carbocycles. The van der Waals surface area contributed by atoms with Gasteiger partial charge in [0.1, 0.15) is 6.10 Å². The third kappa shape index (κ3) is 2.43. The molecule has 1 aromatic carbocycles. The number of aryl methyl sites for hydroxylation is 1. The second-order valence-electron chi connectivity index (χ2n) is 4.62. The van der Waals surface area contributed by atoms with Gasteiger partial charge in [0.15, 0.2) is 6.10 Å². The summed E-state index contributed by atoms with van der Waals surface area (Å²) in [4.78, 5) is 11.0. The van der Waals surface area contributed by atoms with Crippen molar-refractivity contribution < 1.29 is 15.0 Å². The van der Waals surface area contributed by atoms with Crippen molar-refractivity contribution in [2.45, 2.75) is 26.1 Å². The molecule has 2 aromatic rings. The number of hydrogen-bond donors (Lipinski definition) is 3. The standard InChI is InChI=1S/C14H17N3O3/c1-8-11(12(18)13(19)14(15)20)9(2)17(16-8)10-6-4-3-5-7-10/h3-7,12-13,18-19H,1-2H3,(H2,15,20). The monoisotopic (exact) mass is 275 g/mol. The van der Waals surface area contributed by atoms with Gasteiger partial charge < -0.3 is 15.9 Å². The molecule has 2 atom stereocenters. The highest BCUT2D eigenvalue weighted by Gasteiger charge is 2.29. The number of hydrogen-bond acceptors (Lipinski definition) is 4. The quantitative estimate of drug-likeness (QED) is 0.750. The van der Waals surface area contributed by atoms with Crippen molar-refractivity contribution in [2.75, 3.05) is 0 Å². The molecule has 20 heavy (non-hydrogen) atoms. The Morgan fingerprint density at radius 1 is 1.25 bits per heavy atom. The van der Waals surface area contributed by atoms with Gasteiger partial charge >= 0.3 is 0 Å². The van der Waals surface area contributed by atoms with Gasteiger partial charge in [-0.2, -0.15) is 5.10 Å². The van der Waals surface area contributed by atoms with Gasteiger partial charge in [0.2, 0.25) is 5.91 Å². The molecule has 0 aliphatic rings. The molecule has 2 rings (SSSR count). The zero-order valence-electron chi connectivity index (χ0n) is 11.3. The summed E-state index contributed by atoms with van der Waals surface area (Å²) in [5.74, 6) is -0.969. The number of carbonyl (C=O) groups is 1. The van der Waals surface area contributed by atoms with Crippen molar-refractivity contribution in [3.05, 3.63) is 47.3 Å². The summed E-state index contributed by atoms with van der Waals surface area (Å²) in [5, 5.41) is 24.0. The summed E-state index contributed by atoms with van der Waals surface area (Å²) in [5.41, 5.74) is 7.46. The molecular weight excluding hydrogens is 258 g/mol. The molecule has 0 radical (unpaired) electrons. The van der Waals surface area contributed by atoms with Crippen molar-refractivity contribution in [1.82, 2.24) is 9.78 Å². The summed E-state index contributed by atoms with van der Waals surface area (Å²) in [7, 11) is 0. The Bertz CT molecular complexity index is 622. The number of aliphatic hydroxyl groups is 2. The molecule has 1 aromatic heterocycles. The highest BCUT2D eigenvalue weighted by Crippen LogP contribution is 2.26. The maximum absolute atomic E-state index is 11.0. The minimum absolute atomic E-state index is 0.417. The summed E-state index contributed by atoms with van der Waals surface area (Å²) in [6.07, 6.45) is -3.04. The van der Waals surface area contributed by atoms with Crippen LogP contribution in [0.1, 0.15) is 23.1 Å². The Hall–Kier alpha value is -2.18. The Kier molecular flexibility index (Phi) is 3.87. The van der Waals surface area contributed by atoms with E-state index in [1.807, 2.05) is 30.3 Å². The molecule has 4 N–H and O–H groups in total. The van der Waals surface area contributed by atoms with Crippen LogP contribution >= 0.6 is 0 Å². The Morgan fingerprint density at radius 2 is 1.85 bits per heavy atom. The van der Waals surface area contributed by atoms with Crippen LogP contribution in [0.25, 0.3) is 5.69 Å². The highest BCUT2D eigenvalue weighted by molar-refractivity contribution is 5.79. The van der Waals surface area contributed by atoms with E-state index >= 15 is 0 Å². The van der Waals surface area contributed by atoms with Crippen LogP contribution in [-0.4, -0.2) is 32.0 Å². The van der Waals surface area contributed by atoms with Crippen molar-refractivity contribution >= 4 is 5.91 Å². The van der Waals surface area contributed by atoms with Crippen molar-refractivity contribution in [3.8, 4) is 5.69 Å². The lowest BCUT2D eigenvalue weighted by Gasteiger charge is -2.15. The third-order valence-electron chi connectivity index (χ3n) is 3.23. The Balaban J connectivity index is 2.47.